The van der Waals surface area contributed by atoms with Gasteiger partial charge in [-0.3, -0.25) is 9.10 Å². The van der Waals surface area contributed by atoms with Crippen molar-refractivity contribution in [1.29, 1.82) is 0 Å². The lowest BCUT2D eigenvalue weighted by Gasteiger charge is -2.34. The van der Waals surface area contributed by atoms with E-state index in [9.17, 15) is 13.2 Å². The lowest BCUT2D eigenvalue weighted by atomic mass is 10.2. The summed E-state index contributed by atoms with van der Waals surface area (Å²) in [4.78, 5) is 12.6. The van der Waals surface area contributed by atoms with Gasteiger partial charge in [0.2, 0.25) is 10.0 Å². The van der Waals surface area contributed by atoms with Crippen LogP contribution in [-0.4, -0.2) is 32.7 Å². The third-order valence-corrected chi connectivity index (χ3v) is 6.32. The molecule has 138 valence electrons. The number of fused-ring (bicyclic) bond motifs is 1. The molecule has 8 heteroatoms. The quantitative estimate of drug-likeness (QED) is 0.863. The molecule has 1 N–H and O–H groups in total. The molecule has 26 heavy (non-hydrogen) atoms. The fourth-order valence-electron chi connectivity index (χ4n) is 2.65. The van der Waals surface area contributed by atoms with Crippen LogP contribution in [0.2, 0.25) is 5.02 Å². The van der Waals surface area contributed by atoms with E-state index in [0.29, 0.717) is 22.1 Å². The zero-order chi connectivity index (χ0) is 18.9. The summed E-state index contributed by atoms with van der Waals surface area (Å²) < 4.78 is 31.9. The molecular formula is C18H19ClN2O4S. The molecule has 3 rings (SSSR count). The van der Waals surface area contributed by atoms with Gasteiger partial charge < -0.3 is 10.1 Å². The summed E-state index contributed by atoms with van der Waals surface area (Å²) in [5, 5.41) is 3.27. The number of para-hydroxylation sites is 2. The second-order valence-corrected chi connectivity index (χ2v) is 8.55. The van der Waals surface area contributed by atoms with Crippen molar-refractivity contribution in [2.24, 2.45) is 0 Å². The fraction of sp³-hybridized carbons (Fsp3) is 0.278. The SMILES string of the molecule is CCS(=O)(=O)N1C[C@@H](C(=O)Nc2ccc(C)c(Cl)c2)Oc2ccccc21. The van der Waals surface area contributed by atoms with E-state index in [1.807, 2.05) is 6.92 Å². The predicted octanol–water partition coefficient (Wildman–Crippen LogP) is 3.20. The Morgan fingerprint density at radius 1 is 1.31 bits per heavy atom. The minimum absolute atomic E-state index is 0.0662. The highest BCUT2D eigenvalue weighted by molar-refractivity contribution is 7.92. The van der Waals surface area contributed by atoms with Crippen LogP contribution in [0.15, 0.2) is 42.5 Å². The molecule has 0 aromatic heterocycles. The highest BCUT2D eigenvalue weighted by atomic mass is 35.5. The molecule has 0 saturated carbocycles. The Morgan fingerprint density at radius 2 is 2.04 bits per heavy atom. The number of amides is 1. The van der Waals surface area contributed by atoms with E-state index in [2.05, 4.69) is 5.32 Å². The molecule has 0 spiro atoms. The van der Waals surface area contributed by atoms with E-state index in [4.69, 9.17) is 16.3 Å². The Morgan fingerprint density at radius 3 is 2.73 bits per heavy atom. The molecule has 1 atom stereocenters. The fourth-order valence-corrected chi connectivity index (χ4v) is 3.96. The normalized spacial score (nSPS) is 16.6. The molecule has 0 aliphatic carbocycles. The summed E-state index contributed by atoms with van der Waals surface area (Å²) in [5.74, 6) is -0.142. The van der Waals surface area contributed by atoms with E-state index in [0.717, 1.165) is 5.56 Å². The van der Waals surface area contributed by atoms with E-state index in [1.165, 1.54) is 4.31 Å². The van der Waals surface area contributed by atoms with Crippen LogP contribution in [0.5, 0.6) is 5.75 Å². The molecule has 0 unspecified atom stereocenters. The predicted molar refractivity (Wildman–Crippen MR) is 102 cm³/mol. The number of halogens is 1. The summed E-state index contributed by atoms with van der Waals surface area (Å²) in [6.07, 6.45) is -0.966. The Bertz CT molecular complexity index is 946. The van der Waals surface area contributed by atoms with E-state index in [1.54, 1.807) is 49.4 Å². The van der Waals surface area contributed by atoms with Gasteiger partial charge in [-0.05, 0) is 43.7 Å². The van der Waals surface area contributed by atoms with Crippen LogP contribution in [0.1, 0.15) is 12.5 Å². The van der Waals surface area contributed by atoms with Crippen molar-refractivity contribution < 1.29 is 17.9 Å². The number of aryl methyl sites for hydroxylation is 1. The van der Waals surface area contributed by atoms with Crippen LogP contribution in [0, 0.1) is 6.92 Å². The summed E-state index contributed by atoms with van der Waals surface area (Å²) in [6, 6.07) is 11.9. The molecule has 2 aromatic carbocycles. The summed E-state index contributed by atoms with van der Waals surface area (Å²) in [6.45, 7) is 3.35. The second-order valence-electron chi connectivity index (χ2n) is 5.96. The maximum atomic E-state index is 12.6. The number of carbonyl (C=O) groups excluding carboxylic acids is 1. The van der Waals surface area contributed by atoms with Crippen molar-refractivity contribution >= 4 is 38.9 Å². The number of ether oxygens (including phenoxy) is 1. The van der Waals surface area contributed by atoms with Gasteiger partial charge in [-0.25, -0.2) is 8.42 Å². The molecule has 2 aromatic rings. The third-order valence-electron chi connectivity index (χ3n) is 4.17. The molecule has 1 amide bonds. The van der Waals surface area contributed by atoms with Gasteiger partial charge in [-0.1, -0.05) is 29.8 Å². The van der Waals surface area contributed by atoms with Crippen molar-refractivity contribution in [3.63, 3.8) is 0 Å². The van der Waals surface area contributed by atoms with Crippen LogP contribution >= 0.6 is 11.6 Å². The number of benzene rings is 2. The monoisotopic (exact) mass is 394 g/mol. The van der Waals surface area contributed by atoms with Gasteiger partial charge >= 0.3 is 0 Å². The first-order valence-electron chi connectivity index (χ1n) is 8.15. The summed E-state index contributed by atoms with van der Waals surface area (Å²) >= 11 is 6.08. The maximum absolute atomic E-state index is 12.6. The van der Waals surface area contributed by atoms with Crippen molar-refractivity contribution in [2.45, 2.75) is 20.0 Å². The van der Waals surface area contributed by atoms with Gasteiger partial charge in [0.25, 0.3) is 5.91 Å². The van der Waals surface area contributed by atoms with Crippen molar-refractivity contribution in [3.8, 4) is 5.75 Å². The maximum Gasteiger partial charge on any atom is 0.267 e. The van der Waals surface area contributed by atoms with E-state index in [-0.39, 0.29) is 12.3 Å². The van der Waals surface area contributed by atoms with Gasteiger partial charge in [0, 0.05) is 10.7 Å². The van der Waals surface area contributed by atoms with Crippen LogP contribution in [0.4, 0.5) is 11.4 Å². The van der Waals surface area contributed by atoms with Crippen LogP contribution in [-0.2, 0) is 14.8 Å². The number of carbonyl (C=O) groups is 1. The molecular weight excluding hydrogens is 376 g/mol. The highest BCUT2D eigenvalue weighted by Gasteiger charge is 2.35. The average molecular weight is 395 g/mol. The first-order valence-corrected chi connectivity index (χ1v) is 10.1. The highest BCUT2D eigenvalue weighted by Crippen LogP contribution is 2.35. The third kappa shape index (κ3) is 3.64. The molecule has 0 fully saturated rings. The average Bonchev–Trinajstić information content (AvgIpc) is 2.63. The largest absolute Gasteiger partial charge is 0.476 e. The minimum Gasteiger partial charge on any atom is -0.476 e. The molecule has 1 aliphatic rings. The zero-order valence-corrected chi connectivity index (χ0v) is 16.0. The number of hydrogen-bond acceptors (Lipinski definition) is 4. The van der Waals surface area contributed by atoms with Crippen molar-refractivity contribution in [1.82, 2.24) is 0 Å². The zero-order valence-electron chi connectivity index (χ0n) is 14.4. The summed E-state index contributed by atoms with van der Waals surface area (Å²) in [7, 11) is -3.53. The Labute approximate surface area is 157 Å². The van der Waals surface area contributed by atoms with Crippen molar-refractivity contribution in [3.05, 3.63) is 53.1 Å². The van der Waals surface area contributed by atoms with Crippen LogP contribution in [0.25, 0.3) is 0 Å². The van der Waals surface area contributed by atoms with Gasteiger partial charge in [-0.2, -0.15) is 0 Å². The minimum atomic E-state index is -3.53. The van der Waals surface area contributed by atoms with Gasteiger partial charge in [0.1, 0.15) is 5.75 Å². The molecule has 0 saturated heterocycles. The number of hydrogen-bond donors (Lipinski definition) is 1. The lowest BCUT2D eigenvalue weighted by Crippen LogP contribution is -2.49. The Kier molecular flexibility index (Phi) is 5.11. The molecule has 1 heterocycles. The molecule has 6 nitrogen and oxygen atoms in total. The van der Waals surface area contributed by atoms with Crippen LogP contribution in [0.3, 0.4) is 0 Å². The molecule has 1 aliphatic heterocycles. The number of nitrogens with zero attached hydrogens (tertiary/aromatic N) is 1. The number of nitrogens with one attached hydrogen (secondary N) is 1. The van der Waals surface area contributed by atoms with E-state index < -0.39 is 22.0 Å². The number of sulfonamides is 1. The first-order chi connectivity index (χ1) is 12.3. The number of anilines is 2. The Hall–Kier alpha value is -2.25. The van der Waals surface area contributed by atoms with Gasteiger partial charge in [0.05, 0.1) is 18.0 Å². The lowest BCUT2D eigenvalue weighted by molar-refractivity contribution is -0.122. The molecule has 0 radical (unpaired) electrons. The second kappa shape index (κ2) is 7.17. The first kappa shape index (κ1) is 18.5. The van der Waals surface area contributed by atoms with Gasteiger partial charge in [0.15, 0.2) is 6.10 Å². The van der Waals surface area contributed by atoms with E-state index >= 15 is 0 Å². The smallest absolute Gasteiger partial charge is 0.267 e. The topological polar surface area (TPSA) is 75.7 Å². The number of rotatable bonds is 4. The van der Waals surface area contributed by atoms with Crippen molar-refractivity contribution in [2.75, 3.05) is 21.9 Å². The standard InChI is InChI=1S/C18H19ClN2O4S/c1-3-26(23,24)21-11-17(25-16-7-5-4-6-15(16)21)18(22)20-13-9-8-12(2)14(19)10-13/h4-10,17H,3,11H2,1-2H3,(H,20,22)/t17-/m0/s1. The molecule has 0 bridgehead atoms. The Balaban J connectivity index is 1.87. The van der Waals surface area contributed by atoms with Crippen LogP contribution < -0.4 is 14.4 Å². The van der Waals surface area contributed by atoms with Gasteiger partial charge in [-0.15, -0.1) is 0 Å². The summed E-state index contributed by atoms with van der Waals surface area (Å²) in [5.41, 5.74) is 1.86.